The first-order valence-corrected chi connectivity index (χ1v) is 4.87. The highest BCUT2D eigenvalue weighted by Crippen LogP contribution is 2.27. The number of benzene rings is 1. The van der Waals surface area contributed by atoms with Crippen LogP contribution in [0.2, 0.25) is 0 Å². The van der Waals surface area contributed by atoms with Gasteiger partial charge in [-0.1, -0.05) is 22.5 Å². The van der Waals surface area contributed by atoms with Gasteiger partial charge in [0.25, 0.3) is 5.19 Å². The van der Waals surface area contributed by atoms with Gasteiger partial charge < -0.3 is 9.84 Å². The molecule has 0 spiro atoms. The molecule has 0 aliphatic rings. The molecule has 1 aromatic heterocycles. The van der Waals surface area contributed by atoms with Crippen LogP contribution in [0.15, 0.2) is 23.7 Å². The van der Waals surface area contributed by atoms with Crippen molar-refractivity contribution in [3.8, 4) is 16.7 Å². The van der Waals surface area contributed by atoms with Crippen molar-refractivity contribution < 1.29 is 9.84 Å². The highest BCUT2D eigenvalue weighted by atomic mass is 32.1. The zero-order valence-electron chi connectivity index (χ0n) is 7.47. The van der Waals surface area contributed by atoms with E-state index in [1.54, 1.807) is 23.7 Å². The smallest absolute Gasteiger partial charge is 0.299 e. The SMILES string of the molecule is Cc1ccc(Oc2nncs2)cc1O. The van der Waals surface area contributed by atoms with Gasteiger partial charge in [0, 0.05) is 6.07 Å². The van der Waals surface area contributed by atoms with E-state index in [1.165, 1.54) is 11.3 Å². The Kier molecular flexibility index (Phi) is 2.32. The summed E-state index contributed by atoms with van der Waals surface area (Å²) in [6.07, 6.45) is 0. The van der Waals surface area contributed by atoms with Crippen molar-refractivity contribution in [2.75, 3.05) is 0 Å². The number of phenols is 1. The molecule has 0 bridgehead atoms. The number of hydrogen-bond acceptors (Lipinski definition) is 5. The molecule has 72 valence electrons. The third kappa shape index (κ3) is 1.82. The lowest BCUT2D eigenvalue weighted by atomic mass is 10.2. The molecule has 0 aliphatic heterocycles. The first kappa shape index (κ1) is 8.96. The topological polar surface area (TPSA) is 55.2 Å². The summed E-state index contributed by atoms with van der Waals surface area (Å²) in [5.74, 6) is 0.775. The second-order valence-corrected chi connectivity index (χ2v) is 3.55. The number of hydrogen-bond donors (Lipinski definition) is 1. The Morgan fingerprint density at radius 3 is 2.93 bits per heavy atom. The highest BCUT2D eigenvalue weighted by molar-refractivity contribution is 7.11. The molecular weight excluding hydrogens is 200 g/mol. The summed E-state index contributed by atoms with van der Waals surface area (Å²) in [5.41, 5.74) is 2.40. The molecule has 0 saturated heterocycles. The molecule has 5 heteroatoms. The second-order valence-electron chi connectivity index (χ2n) is 2.75. The van der Waals surface area contributed by atoms with Crippen LogP contribution in [0.1, 0.15) is 5.56 Å². The second kappa shape index (κ2) is 3.63. The number of aromatic nitrogens is 2. The quantitative estimate of drug-likeness (QED) is 0.823. The lowest BCUT2D eigenvalue weighted by molar-refractivity contribution is 0.448. The normalized spacial score (nSPS) is 10.1. The Morgan fingerprint density at radius 2 is 2.29 bits per heavy atom. The third-order valence-corrected chi connectivity index (χ3v) is 2.29. The molecular formula is C9H8N2O2S. The van der Waals surface area contributed by atoms with Crippen molar-refractivity contribution in [1.82, 2.24) is 10.2 Å². The predicted molar refractivity (Wildman–Crippen MR) is 52.8 cm³/mol. The van der Waals surface area contributed by atoms with Crippen LogP contribution in [0.3, 0.4) is 0 Å². The van der Waals surface area contributed by atoms with Gasteiger partial charge in [-0.3, -0.25) is 0 Å². The summed E-state index contributed by atoms with van der Waals surface area (Å²) in [6, 6.07) is 5.11. The molecule has 1 aromatic carbocycles. The van der Waals surface area contributed by atoms with Crippen molar-refractivity contribution in [3.05, 3.63) is 29.3 Å². The number of rotatable bonds is 2. The zero-order valence-corrected chi connectivity index (χ0v) is 8.28. The molecule has 4 nitrogen and oxygen atoms in total. The van der Waals surface area contributed by atoms with E-state index in [1.807, 2.05) is 6.92 Å². The van der Waals surface area contributed by atoms with E-state index >= 15 is 0 Å². The fraction of sp³-hybridized carbons (Fsp3) is 0.111. The lowest BCUT2D eigenvalue weighted by Crippen LogP contribution is -1.84. The minimum atomic E-state index is 0.215. The third-order valence-electron chi connectivity index (χ3n) is 1.73. The van der Waals surface area contributed by atoms with Gasteiger partial charge in [0.15, 0.2) is 0 Å². The van der Waals surface area contributed by atoms with E-state index in [0.717, 1.165) is 5.56 Å². The lowest BCUT2D eigenvalue weighted by Gasteiger charge is -2.02. The minimum absolute atomic E-state index is 0.215. The van der Waals surface area contributed by atoms with Crippen molar-refractivity contribution in [3.63, 3.8) is 0 Å². The van der Waals surface area contributed by atoms with Gasteiger partial charge in [-0.15, -0.1) is 5.10 Å². The summed E-state index contributed by atoms with van der Waals surface area (Å²) in [5, 5.41) is 17.2. The maximum Gasteiger partial charge on any atom is 0.299 e. The van der Waals surface area contributed by atoms with Crippen LogP contribution < -0.4 is 4.74 Å². The van der Waals surface area contributed by atoms with E-state index in [4.69, 9.17) is 4.74 Å². The molecule has 0 saturated carbocycles. The predicted octanol–water partition coefficient (Wildman–Crippen LogP) is 2.34. The fourth-order valence-electron chi connectivity index (χ4n) is 0.961. The van der Waals surface area contributed by atoms with Gasteiger partial charge in [-0.25, -0.2) is 0 Å². The van der Waals surface area contributed by atoms with E-state index in [0.29, 0.717) is 10.9 Å². The standard InChI is InChI=1S/C9H8N2O2S/c1-6-2-3-7(4-8(6)12)13-9-11-10-5-14-9/h2-5,12H,1H3. The Morgan fingerprint density at radius 1 is 1.43 bits per heavy atom. The zero-order chi connectivity index (χ0) is 9.97. The Labute approximate surface area is 84.8 Å². The van der Waals surface area contributed by atoms with Gasteiger partial charge in [-0.05, 0) is 18.6 Å². The maximum absolute atomic E-state index is 9.42. The molecule has 1 N–H and O–H groups in total. The van der Waals surface area contributed by atoms with Gasteiger partial charge in [-0.2, -0.15) is 0 Å². The van der Waals surface area contributed by atoms with Crippen molar-refractivity contribution in [2.45, 2.75) is 6.92 Å². The summed E-state index contributed by atoms with van der Waals surface area (Å²) in [6.45, 7) is 1.82. The van der Waals surface area contributed by atoms with Crippen molar-refractivity contribution in [2.24, 2.45) is 0 Å². The average Bonchev–Trinajstić information content (AvgIpc) is 2.64. The monoisotopic (exact) mass is 208 g/mol. The number of aryl methyl sites for hydroxylation is 1. The first-order chi connectivity index (χ1) is 6.75. The van der Waals surface area contributed by atoms with E-state index in [9.17, 15) is 5.11 Å². The summed E-state index contributed by atoms with van der Waals surface area (Å²) in [7, 11) is 0. The molecule has 0 unspecified atom stereocenters. The molecule has 0 amide bonds. The number of phenolic OH excluding ortho intramolecular Hbond substituents is 1. The molecule has 14 heavy (non-hydrogen) atoms. The molecule has 0 aliphatic carbocycles. The van der Waals surface area contributed by atoms with E-state index in [2.05, 4.69) is 10.2 Å². The van der Waals surface area contributed by atoms with E-state index in [-0.39, 0.29) is 5.75 Å². The van der Waals surface area contributed by atoms with Crippen molar-refractivity contribution >= 4 is 11.3 Å². The number of ether oxygens (including phenoxy) is 1. The average molecular weight is 208 g/mol. The van der Waals surface area contributed by atoms with Crippen LogP contribution in [0.25, 0.3) is 0 Å². The van der Waals surface area contributed by atoms with Crippen LogP contribution >= 0.6 is 11.3 Å². The largest absolute Gasteiger partial charge is 0.508 e. The first-order valence-electron chi connectivity index (χ1n) is 3.99. The molecule has 2 aromatic rings. The highest BCUT2D eigenvalue weighted by Gasteiger charge is 2.02. The van der Waals surface area contributed by atoms with Crippen LogP contribution in [0, 0.1) is 6.92 Å². The summed E-state index contributed by atoms with van der Waals surface area (Å²) >= 11 is 1.30. The Balaban J connectivity index is 2.22. The minimum Gasteiger partial charge on any atom is -0.508 e. The number of aromatic hydroxyl groups is 1. The van der Waals surface area contributed by atoms with Crippen LogP contribution in [-0.2, 0) is 0 Å². The fourth-order valence-corrected chi connectivity index (χ4v) is 1.38. The molecule has 0 atom stereocenters. The van der Waals surface area contributed by atoms with Crippen LogP contribution in [-0.4, -0.2) is 15.3 Å². The molecule has 0 fully saturated rings. The number of nitrogens with zero attached hydrogens (tertiary/aromatic N) is 2. The summed E-state index contributed by atoms with van der Waals surface area (Å²) in [4.78, 5) is 0. The van der Waals surface area contributed by atoms with Crippen molar-refractivity contribution in [1.29, 1.82) is 0 Å². The maximum atomic E-state index is 9.42. The van der Waals surface area contributed by atoms with Crippen LogP contribution in [0.5, 0.6) is 16.7 Å². The van der Waals surface area contributed by atoms with Gasteiger partial charge >= 0.3 is 0 Å². The Bertz CT molecular complexity index is 428. The Hall–Kier alpha value is -1.62. The van der Waals surface area contributed by atoms with E-state index < -0.39 is 0 Å². The van der Waals surface area contributed by atoms with Gasteiger partial charge in [0.05, 0.1) is 0 Å². The summed E-state index contributed by atoms with van der Waals surface area (Å²) < 4.78 is 5.34. The van der Waals surface area contributed by atoms with Crippen LogP contribution in [0.4, 0.5) is 0 Å². The molecule has 0 radical (unpaired) electrons. The van der Waals surface area contributed by atoms with Gasteiger partial charge in [0.2, 0.25) is 0 Å². The molecule has 1 heterocycles. The molecule has 2 rings (SSSR count). The van der Waals surface area contributed by atoms with Gasteiger partial charge in [0.1, 0.15) is 17.0 Å².